The molecule has 1 fully saturated rings. The predicted molar refractivity (Wildman–Crippen MR) is 117 cm³/mol. The van der Waals surface area contributed by atoms with Crippen molar-refractivity contribution in [3.63, 3.8) is 0 Å². The molecule has 0 unspecified atom stereocenters. The van der Waals surface area contributed by atoms with Crippen LogP contribution in [0.1, 0.15) is 19.2 Å². The maximum absolute atomic E-state index is 14.9. The van der Waals surface area contributed by atoms with Gasteiger partial charge >= 0.3 is 6.18 Å². The molecule has 2 aromatic heterocycles. The molecule has 0 aliphatic carbocycles. The summed E-state index contributed by atoms with van der Waals surface area (Å²) < 4.78 is 61.0. The minimum absolute atomic E-state index is 0.00840. The lowest BCUT2D eigenvalue weighted by molar-refractivity contribution is -0.221. The van der Waals surface area contributed by atoms with E-state index < -0.39 is 30.2 Å². The predicted octanol–water partition coefficient (Wildman–Crippen LogP) is 4.74. The van der Waals surface area contributed by atoms with Gasteiger partial charge in [0.1, 0.15) is 17.5 Å². The summed E-state index contributed by atoms with van der Waals surface area (Å²) >= 11 is 5.89. The van der Waals surface area contributed by atoms with E-state index in [-0.39, 0.29) is 46.2 Å². The number of anilines is 1. The van der Waals surface area contributed by atoms with Crippen LogP contribution in [0.2, 0.25) is 5.02 Å². The Labute approximate surface area is 191 Å². The Bertz CT molecular complexity index is 1260. The third kappa shape index (κ3) is 4.54. The lowest BCUT2D eigenvalue weighted by Crippen LogP contribution is -2.49. The fourth-order valence-corrected chi connectivity index (χ4v) is 4.07. The van der Waals surface area contributed by atoms with Crippen molar-refractivity contribution < 1.29 is 22.3 Å². The zero-order valence-electron chi connectivity index (χ0n) is 17.9. The Hall–Kier alpha value is -2.72. The fourth-order valence-electron chi connectivity index (χ4n) is 3.91. The van der Waals surface area contributed by atoms with Crippen LogP contribution in [0.25, 0.3) is 22.2 Å². The molecule has 3 heterocycles. The number of nitrogens with zero attached hydrogens (tertiary/aromatic N) is 4. The maximum atomic E-state index is 14.9. The van der Waals surface area contributed by atoms with Crippen molar-refractivity contribution >= 4 is 28.3 Å². The van der Waals surface area contributed by atoms with Crippen molar-refractivity contribution in [1.29, 1.82) is 0 Å². The van der Waals surface area contributed by atoms with E-state index in [2.05, 4.69) is 9.97 Å². The number of fused-ring (bicyclic) bond motifs is 1. The summed E-state index contributed by atoms with van der Waals surface area (Å²) in [6.45, 7) is 3.52. The quantitative estimate of drug-likeness (QED) is 0.501. The fraction of sp³-hybridized carbons (Fsp3) is 0.409. The Morgan fingerprint density at radius 3 is 2.67 bits per heavy atom. The molecule has 3 aromatic rings. The van der Waals surface area contributed by atoms with E-state index in [9.17, 15) is 22.4 Å². The molecule has 0 saturated carbocycles. The van der Waals surface area contributed by atoms with Crippen molar-refractivity contribution in [2.75, 3.05) is 24.6 Å². The van der Waals surface area contributed by atoms with Gasteiger partial charge in [0.15, 0.2) is 6.10 Å². The van der Waals surface area contributed by atoms with Gasteiger partial charge in [-0.15, -0.1) is 0 Å². The van der Waals surface area contributed by atoms with E-state index >= 15 is 0 Å². The molecular weight excluding hydrogens is 464 g/mol. The monoisotopic (exact) mass is 484 g/mol. The van der Waals surface area contributed by atoms with Crippen molar-refractivity contribution in [1.82, 2.24) is 14.5 Å². The van der Waals surface area contributed by atoms with Gasteiger partial charge in [-0.05, 0) is 31.5 Å². The summed E-state index contributed by atoms with van der Waals surface area (Å²) in [5.74, 6) is -0.0984. The average Bonchev–Trinajstić information content (AvgIpc) is 2.75. The van der Waals surface area contributed by atoms with Crippen molar-refractivity contribution in [2.45, 2.75) is 39.1 Å². The Morgan fingerprint density at radius 2 is 2.00 bits per heavy atom. The first-order chi connectivity index (χ1) is 15.6. The maximum Gasteiger partial charge on any atom is 0.416 e. The molecule has 6 nitrogen and oxygen atoms in total. The highest BCUT2D eigenvalue weighted by Crippen LogP contribution is 2.33. The number of hydrogen-bond acceptors (Lipinski definition) is 5. The zero-order chi connectivity index (χ0) is 23.9. The smallest absolute Gasteiger partial charge is 0.365 e. The van der Waals surface area contributed by atoms with Crippen LogP contribution in [-0.2, 0) is 11.3 Å². The molecule has 1 saturated heterocycles. The SMILES string of the molecule is CCCn1c(C)nc2cc(N3CCO[C@H](C(F)(F)F)C3)nc(-c3ccc(Cl)cc3F)c2c1=O. The van der Waals surface area contributed by atoms with Gasteiger partial charge in [-0.25, -0.2) is 14.4 Å². The van der Waals surface area contributed by atoms with Gasteiger partial charge in [-0.3, -0.25) is 9.36 Å². The number of morpholine rings is 1. The Morgan fingerprint density at radius 1 is 1.24 bits per heavy atom. The molecule has 0 amide bonds. The van der Waals surface area contributed by atoms with Crippen LogP contribution in [0.5, 0.6) is 0 Å². The number of benzene rings is 1. The van der Waals surface area contributed by atoms with Crippen LogP contribution in [0.15, 0.2) is 29.1 Å². The van der Waals surface area contributed by atoms with Gasteiger partial charge in [0, 0.05) is 29.7 Å². The molecule has 1 atom stereocenters. The van der Waals surface area contributed by atoms with Gasteiger partial charge < -0.3 is 9.64 Å². The first-order valence-electron chi connectivity index (χ1n) is 10.4. The number of rotatable bonds is 4. The molecular formula is C22H21ClF4N4O2. The van der Waals surface area contributed by atoms with Crippen LogP contribution in [0, 0.1) is 12.7 Å². The largest absolute Gasteiger partial charge is 0.416 e. The number of aromatic nitrogens is 3. The molecule has 1 aliphatic heterocycles. The van der Waals surface area contributed by atoms with Gasteiger partial charge in [0.25, 0.3) is 5.56 Å². The molecule has 176 valence electrons. The molecule has 1 aromatic carbocycles. The number of hydrogen-bond donors (Lipinski definition) is 0. The summed E-state index contributed by atoms with van der Waals surface area (Å²) in [6, 6.07) is 5.42. The van der Waals surface area contributed by atoms with E-state index in [1.807, 2.05) is 6.92 Å². The van der Waals surface area contributed by atoms with Crippen molar-refractivity contribution in [3.05, 3.63) is 51.3 Å². The topological polar surface area (TPSA) is 60.3 Å². The normalized spacial score (nSPS) is 17.1. The van der Waals surface area contributed by atoms with Crippen LogP contribution in [-0.4, -0.2) is 46.5 Å². The number of halogens is 5. The lowest BCUT2D eigenvalue weighted by atomic mass is 10.1. The first-order valence-corrected chi connectivity index (χ1v) is 10.8. The second-order valence-electron chi connectivity index (χ2n) is 7.81. The number of aryl methyl sites for hydroxylation is 1. The summed E-state index contributed by atoms with van der Waals surface area (Å²) in [6.07, 6.45) is -5.84. The van der Waals surface area contributed by atoms with E-state index in [1.165, 1.54) is 27.7 Å². The third-order valence-corrected chi connectivity index (χ3v) is 5.74. The van der Waals surface area contributed by atoms with E-state index in [4.69, 9.17) is 16.3 Å². The summed E-state index contributed by atoms with van der Waals surface area (Å²) in [4.78, 5) is 23.7. The second kappa shape index (κ2) is 8.90. The molecule has 11 heteroatoms. The molecule has 0 radical (unpaired) electrons. The van der Waals surface area contributed by atoms with Crippen molar-refractivity contribution in [2.24, 2.45) is 0 Å². The van der Waals surface area contributed by atoms with Crippen LogP contribution in [0.3, 0.4) is 0 Å². The molecule has 1 aliphatic rings. The molecule has 33 heavy (non-hydrogen) atoms. The molecule has 0 spiro atoms. The minimum Gasteiger partial charge on any atom is -0.365 e. The minimum atomic E-state index is -4.54. The first kappa shape index (κ1) is 23.4. The highest BCUT2D eigenvalue weighted by atomic mass is 35.5. The summed E-state index contributed by atoms with van der Waals surface area (Å²) in [5, 5.41) is 0.259. The second-order valence-corrected chi connectivity index (χ2v) is 8.25. The van der Waals surface area contributed by atoms with Gasteiger partial charge in [0.2, 0.25) is 0 Å². The molecule has 0 N–H and O–H groups in total. The third-order valence-electron chi connectivity index (χ3n) is 5.51. The van der Waals surface area contributed by atoms with E-state index in [0.717, 1.165) is 6.07 Å². The van der Waals surface area contributed by atoms with Crippen LogP contribution < -0.4 is 10.5 Å². The highest BCUT2D eigenvalue weighted by molar-refractivity contribution is 6.30. The number of pyridine rings is 1. The summed E-state index contributed by atoms with van der Waals surface area (Å²) in [5.41, 5.74) is -0.140. The highest BCUT2D eigenvalue weighted by Gasteiger charge is 2.43. The zero-order valence-corrected chi connectivity index (χ0v) is 18.7. The van der Waals surface area contributed by atoms with Gasteiger partial charge in [0.05, 0.1) is 29.7 Å². The van der Waals surface area contributed by atoms with Crippen LogP contribution >= 0.6 is 11.6 Å². The van der Waals surface area contributed by atoms with E-state index in [0.29, 0.717) is 18.8 Å². The Balaban J connectivity index is 1.95. The number of alkyl halides is 3. The van der Waals surface area contributed by atoms with Crippen LogP contribution in [0.4, 0.5) is 23.4 Å². The standard InChI is InChI=1S/C22H21ClF4N4O2/c1-3-6-31-12(2)28-16-10-18(30-7-8-33-17(11-30)22(25,26)27)29-20(19(16)21(31)32)14-5-4-13(23)9-15(14)24/h4-5,9-10,17H,3,6-8,11H2,1-2H3/t17-/m0/s1. The van der Waals surface area contributed by atoms with Crippen molar-refractivity contribution in [3.8, 4) is 11.3 Å². The Kier molecular flexibility index (Phi) is 6.32. The molecule has 4 rings (SSSR count). The number of ether oxygens (including phenoxy) is 1. The van der Waals surface area contributed by atoms with Gasteiger partial charge in [-0.2, -0.15) is 13.2 Å². The van der Waals surface area contributed by atoms with E-state index in [1.54, 1.807) is 6.92 Å². The van der Waals surface area contributed by atoms with Gasteiger partial charge in [-0.1, -0.05) is 18.5 Å². The molecule has 0 bridgehead atoms. The lowest BCUT2D eigenvalue weighted by Gasteiger charge is -2.34. The summed E-state index contributed by atoms with van der Waals surface area (Å²) in [7, 11) is 0. The average molecular weight is 485 g/mol.